The van der Waals surface area contributed by atoms with Crippen LogP contribution in [0, 0.1) is 17.8 Å². The Bertz CT molecular complexity index is 703. The molecular weight excluding hydrogens is 330 g/mol. The molecular formula is C21H27NO4. The van der Waals surface area contributed by atoms with Gasteiger partial charge in [-0.05, 0) is 54.0 Å². The van der Waals surface area contributed by atoms with E-state index in [2.05, 4.69) is 26.1 Å². The first-order valence-electron chi connectivity index (χ1n) is 9.15. The average molecular weight is 357 g/mol. The van der Waals surface area contributed by atoms with Gasteiger partial charge in [0, 0.05) is 18.0 Å². The second-order valence-corrected chi connectivity index (χ2v) is 7.36. The molecule has 1 fully saturated rings. The van der Waals surface area contributed by atoms with Crippen molar-refractivity contribution in [1.29, 1.82) is 0 Å². The van der Waals surface area contributed by atoms with Gasteiger partial charge in [-0.25, -0.2) is 0 Å². The summed E-state index contributed by atoms with van der Waals surface area (Å²) in [6.45, 7) is 6.29. The molecule has 1 aromatic carbocycles. The van der Waals surface area contributed by atoms with E-state index in [-0.39, 0.29) is 36.4 Å². The van der Waals surface area contributed by atoms with Gasteiger partial charge < -0.3 is 10.4 Å². The lowest BCUT2D eigenvalue weighted by Crippen LogP contribution is -2.30. The molecule has 0 heterocycles. The minimum Gasteiger partial charge on any atom is -0.481 e. The number of nitrogens with one attached hydrogen (secondary N) is 1. The summed E-state index contributed by atoms with van der Waals surface area (Å²) in [5.74, 6) is -0.354. The quantitative estimate of drug-likeness (QED) is 0.749. The molecule has 1 aromatic rings. The minimum atomic E-state index is -0.993. The summed E-state index contributed by atoms with van der Waals surface area (Å²) in [6, 6.07) is 7.25. The van der Waals surface area contributed by atoms with Crippen LogP contribution in [0.4, 0.5) is 5.69 Å². The number of hydrogen-bond acceptors (Lipinski definition) is 3. The molecule has 0 aromatic heterocycles. The van der Waals surface area contributed by atoms with E-state index < -0.39 is 5.97 Å². The highest BCUT2D eigenvalue weighted by Crippen LogP contribution is 2.35. The molecule has 0 aliphatic heterocycles. The zero-order chi connectivity index (χ0) is 19.3. The van der Waals surface area contributed by atoms with E-state index in [1.807, 2.05) is 18.2 Å². The number of benzene rings is 1. The zero-order valence-electron chi connectivity index (χ0n) is 15.6. The number of carbonyl (C=O) groups is 3. The van der Waals surface area contributed by atoms with E-state index in [1.165, 1.54) is 0 Å². The molecule has 2 rings (SSSR count). The highest BCUT2D eigenvalue weighted by atomic mass is 16.4. The molecule has 26 heavy (non-hydrogen) atoms. The fraction of sp³-hybridized carbons (Fsp3) is 0.476. The third-order valence-electron chi connectivity index (χ3n) is 4.95. The predicted molar refractivity (Wildman–Crippen MR) is 102 cm³/mol. The third-order valence-corrected chi connectivity index (χ3v) is 4.95. The number of anilines is 1. The van der Waals surface area contributed by atoms with Gasteiger partial charge in [0.05, 0.1) is 6.42 Å². The Hall–Kier alpha value is -2.43. The number of hydrogen-bond donors (Lipinski definition) is 2. The zero-order valence-corrected chi connectivity index (χ0v) is 15.6. The summed E-state index contributed by atoms with van der Waals surface area (Å²) in [5.41, 5.74) is 2.42. The SMILES string of the molecule is CC(C)[C@H]1CC[C@H](C)C(=Cc2ccc(NC(=O)CCC(=O)O)cc2)C1=O. The second kappa shape index (κ2) is 8.79. The van der Waals surface area contributed by atoms with Crippen LogP contribution >= 0.6 is 0 Å². The maximum Gasteiger partial charge on any atom is 0.303 e. The number of ketones is 1. The summed E-state index contributed by atoms with van der Waals surface area (Å²) >= 11 is 0. The molecule has 0 saturated heterocycles. The number of Topliss-reactive ketones (excluding diaryl/α,β-unsaturated/α-hetero) is 1. The van der Waals surface area contributed by atoms with Crippen molar-refractivity contribution in [2.45, 2.75) is 46.5 Å². The molecule has 1 aliphatic carbocycles. The summed E-state index contributed by atoms with van der Waals surface area (Å²) < 4.78 is 0. The lowest BCUT2D eigenvalue weighted by atomic mass is 9.73. The highest BCUT2D eigenvalue weighted by Gasteiger charge is 2.32. The molecule has 1 amide bonds. The number of aliphatic carboxylic acids is 1. The molecule has 1 saturated carbocycles. The monoisotopic (exact) mass is 357 g/mol. The standard InChI is InChI=1S/C21H27NO4/c1-13(2)17-9-4-14(3)18(21(17)26)12-15-5-7-16(8-6-15)22-19(23)10-11-20(24)25/h5-8,12-14,17H,4,9-11H2,1-3H3,(H,22,23)(H,24,25)/t14-,17+/m0/s1. The number of carboxylic acids is 1. The maximum absolute atomic E-state index is 12.7. The Kier molecular flexibility index (Phi) is 6.72. The van der Waals surface area contributed by atoms with Gasteiger partial charge in [0.1, 0.15) is 0 Å². The maximum atomic E-state index is 12.7. The van der Waals surface area contributed by atoms with Crippen LogP contribution in [0.25, 0.3) is 6.08 Å². The van der Waals surface area contributed by atoms with Crippen molar-refractivity contribution in [3.8, 4) is 0 Å². The van der Waals surface area contributed by atoms with E-state index in [4.69, 9.17) is 5.11 Å². The lowest BCUT2D eigenvalue weighted by Gasteiger charge is -2.30. The number of allylic oxidation sites excluding steroid dienone is 1. The van der Waals surface area contributed by atoms with Crippen molar-refractivity contribution in [3.05, 3.63) is 35.4 Å². The molecule has 0 radical (unpaired) electrons. The molecule has 1 aliphatic rings. The lowest BCUT2D eigenvalue weighted by molar-refractivity contribution is -0.138. The number of amides is 1. The summed E-state index contributed by atoms with van der Waals surface area (Å²) in [4.78, 5) is 34.9. The molecule has 5 heteroatoms. The van der Waals surface area contributed by atoms with Crippen molar-refractivity contribution in [2.24, 2.45) is 17.8 Å². The van der Waals surface area contributed by atoms with Crippen molar-refractivity contribution in [3.63, 3.8) is 0 Å². The first kappa shape index (κ1) is 19.9. The Morgan fingerprint density at radius 1 is 1.19 bits per heavy atom. The summed E-state index contributed by atoms with van der Waals surface area (Å²) in [7, 11) is 0. The highest BCUT2D eigenvalue weighted by molar-refractivity contribution is 6.02. The molecule has 5 nitrogen and oxygen atoms in total. The van der Waals surface area contributed by atoms with Gasteiger partial charge in [0.15, 0.2) is 5.78 Å². The smallest absolute Gasteiger partial charge is 0.303 e. The molecule has 2 atom stereocenters. The van der Waals surface area contributed by atoms with Crippen molar-refractivity contribution in [2.75, 3.05) is 5.32 Å². The van der Waals surface area contributed by atoms with Crippen LogP contribution < -0.4 is 5.32 Å². The minimum absolute atomic E-state index is 0.0518. The number of carboxylic acid groups (broad SMARTS) is 1. The van der Waals surface area contributed by atoms with Crippen molar-refractivity contribution < 1.29 is 19.5 Å². The van der Waals surface area contributed by atoms with Crippen LogP contribution in [-0.4, -0.2) is 22.8 Å². The van der Waals surface area contributed by atoms with Crippen LogP contribution in [0.5, 0.6) is 0 Å². The van der Waals surface area contributed by atoms with Crippen molar-refractivity contribution >= 4 is 29.4 Å². The molecule has 0 spiro atoms. The topological polar surface area (TPSA) is 83.5 Å². The fourth-order valence-electron chi connectivity index (χ4n) is 3.31. The van der Waals surface area contributed by atoms with Crippen LogP contribution in [-0.2, 0) is 14.4 Å². The second-order valence-electron chi connectivity index (χ2n) is 7.36. The summed E-state index contributed by atoms with van der Waals surface area (Å²) in [6.07, 6.45) is 3.70. The molecule has 0 unspecified atom stereocenters. The third kappa shape index (κ3) is 5.28. The van der Waals surface area contributed by atoms with Gasteiger partial charge in [-0.1, -0.05) is 32.9 Å². The van der Waals surface area contributed by atoms with E-state index in [0.29, 0.717) is 11.6 Å². The normalized spacial score (nSPS) is 21.8. The Morgan fingerprint density at radius 3 is 2.42 bits per heavy atom. The Balaban J connectivity index is 2.07. The van der Waals surface area contributed by atoms with Crippen LogP contribution in [0.2, 0.25) is 0 Å². The summed E-state index contributed by atoms with van der Waals surface area (Å²) in [5, 5.41) is 11.3. The van der Waals surface area contributed by atoms with Gasteiger partial charge in [0.2, 0.25) is 5.91 Å². The average Bonchev–Trinajstić information content (AvgIpc) is 2.58. The van der Waals surface area contributed by atoms with E-state index >= 15 is 0 Å². The van der Waals surface area contributed by atoms with Crippen LogP contribution in [0.3, 0.4) is 0 Å². The molecule has 140 valence electrons. The first-order chi connectivity index (χ1) is 12.3. The largest absolute Gasteiger partial charge is 0.481 e. The predicted octanol–water partition coefficient (Wildman–Crippen LogP) is 4.14. The van der Waals surface area contributed by atoms with Crippen LogP contribution in [0.15, 0.2) is 29.8 Å². The number of rotatable bonds is 6. The van der Waals surface area contributed by atoms with Gasteiger partial charge in [-0.15, -0.1) is 0 Å². The van der Waals surface area contributed by atoms with Gasteiger partial charge >= 0.3 is 5.97 Å². The molecule has 2 N–H and O–H groups in total. The van der Waals surface area contributed by atoms with Gasteiger partial charge in [-0.2, -0.15) is 0 Å². The van der Waals surface area contributed by atoms with Crippen molar-refractivity contribution in [1.82, 2.24) is 0 Å². The van der Waals surface area contributed by atoms with E-state index in [0.717, 1.165) is 24.0 Å². The Morgan fingerprint density at radius 2 is 1.85 bits per heavy atom. The molecule has 0 bridgehead atoms. The fourth-order valence-corrected chi connectivity index (χ4v) is 3.31. The first-order valence-corrected chi connectivity index (χ1v) is 9.15. The van der Waals surface area contributed by atoms with E-state index in [9.17, 15) is 14.4 Å². The van der Waals surface area contributed by atoms with Crippen LogP contribution in [0.1, 0.15) is 52.0 Å². The van der Waals surface area contributed by atoms with E-state index in [1.54, 1.807) is 12.1 Å². The Labute approximate surface area is 154 Å². The number of carbonyl (C=O) groups excluding carboxylic acids is 2. The van der Waals surface area contributed by atoms with Gasteiger partial charge in [0.25, 0.3) is 0 Å². The van der Waals surface area contributed by atoms with Gasteiger partial charge in [-0.3, -0.25) is 14.4 Å².